The standard InChI is InChI=1S/C10H15N3O/c1-13-6-5-12-10(13)9(14)8-3-2-4-11-7-8/h5-6,8,11H,2-4,7H2,1H3. The molecule has 1 aliphatic heterocycles. The van der Waals surface area contributed by atoms with Gasteiger partial charge in [-0.15, -0.1) is 0 Å². The van der Waals surface area contributed by atoms with Crippen LogP contribution in [-0.2, 0) is 7.05 Å². The molecule has 4 nitrogen and oxygen atoms in total. The monoisotopic (exact) mass is 193 g/mol. The summed E-state index contributed by atoms with van der Waals surface area (Å²) in [5.41, 5.74) is 0. The number of hydrogen-bond donors (Lipinski definition) is 1. The van der Waals surface area contributed by atoms with E-state index >= 15 is 0 Å². The van der Waals surface area contributed by atoms with E-state index < -0.39 is 0 Å². The summed E-state index contributed by atoms with van der Waals surface area (Å²) < 4.78 is 1.79. The average Bonchev–Trinajstić information content (AvgIpc) is 2.65. The van der Waals surface area contributed by atoms with Gasteiger partial charge >= 0.3 is 0 Å². The van der Waals surface area contributed by atoms with Gasteiger partial charge in [0, 0.05) is 31.9 Å². The van der Waals surface area contributed by atoms with E-state index in [0.29, 0.717) is 5.82 Å². The Labute approximate surface area is 83.3 Å². The Hall–Kier alpha value is -1.16. The van der Waals surface area contributed by atoms with E-state index in [2.05, 4.69) is 10.3 Å². The summed E-state index contributed by atoms with van der Waals surface area (Å²) in [6.45, 7) is 1.83. The van der Waals surface area contributed by atoms with E-state index in [1.54, 1.807) is 10.8 Å². The third-order valence-corrected chi connectivity index (χ3v) is 2.71. The SMILES string of the molecule is Cn1ccnc1C(=O)C1CCCNC1. The molecule has 76 valence electrons. The molecule has 14 heavy (non-hydrogen) atoms. The zero-order valence-electron chi connectivity index (χ0n) is 8.36. The molecule has 0 radical (unpaired) electrons. The largest absolute Gasteiger partial charge is 0.332 e. The van der Waals surface area contributed by atoms with Crippen molar-refractivity contribution in [2.24, 2.45) is 13.0 Å². The molecule has 1 atom stereocenters. The van der Waals surface area contributed by atoms with Crippen LogP contribution in [0.4, 0.5) is 0 Å². The van der Waals surface area contributed by atoms with Gasteiger partial charge in [0.05, 0.1) is 0 Å². The molecule has 1 fully saturated rings. The van der Waals surface area contributed by atoms with Crippen molar-refractivity contribution >= 4 is 5.78 Å². The molecular weight excluding hydrogens is 178 g/mol. The average molecular weight is 193 g/mol. The van der Waals surface area contributed by atoms with Gasteiger partial charge in [-0.3, -0.25) is 4.79 Å². The van der Waals surface area contributed by atoms with Crippen LogP contribution in [0.25, 0.3) is 0 Å². The highest BCUT2D eigenvalue weighted by Crippen LogP contribution is 2.14. The molecule has 1 aromatic heterocycles. The molecule has 1 N–H and O–H groups in total. The summed E-state index contributed by atoms with van der Waals surface area (Å²) in [6, 6.07) is 0. The summed E-state index contributed by atoms with van der Waals surface area (Å²) in [6.07, 6.45) is 5.55. The minimum atomic E-state index is 0.116. The van der Waals surface area contributed by atoms with Crippen LogP contribution in [0.2, 0.25) is 0 Å². The maximum absolute atomic E-state index is 12.0. The van der Waals surface area contributed by atoms with E-state index in [-0.39, 0.29) is 11.7 Å². The number of carbonyl (C=O) groups is 1. The quantitative estimate of drug-likeness (QED) is 0.700. The minimum Gasteiger partial charge on any atom is -0.332 e. The summed E-state index contributed by atoms with van der Waals surface area (Å²) >= 11 is 0. The van der Waals surface area contributed by atoms with E-state index in [4.69, 9.17) is 0 Å². The van der Waals surface area contributed by atoms with Crippen LogP contribution in [0.1, 0.15) is 23.5 Å². The molecule has 4 heteroatoms. The van der Waals surface area contributed by atoms with Gasteiger partial charge in [-0.1, -0.05) is 0 Å². The number of rotatable bonds is 2. The number of nitrogens with one attached hydrogen (secondary N) is 1. The topological polar surface area (TPSA) is 46.9 Å². The lowest BCUT2D eigenvalue weighted by atomic mass is 9.95. The highest BCUT2D eigenvalue weighted by Gasteiger charge is 2.24. The molecule has 0 aliphatic carbocycles. The molecule has 0 bridgehead atoms. The first-order valence-corrected chi connectivity index (χ1v) is 5.01. The predicted molar refractivity (Wildman–Crippen MR) is 53.1 cm³/mol. The van der Waals surface area contributed by atoms with Crippen molar-refractivity contribution in [2.75, 3.05) is 13.1 Å². The molecule has 0 aromatic carbocycles. The third-order valence-electron chi connectivity index (χ3n) is 2.71. The number of aryl methyl sites for hydroxylation is 1. The normalized spacial score (nSPS) is 22.2. The van der Waals surface area contributed by atoms with Crippen molar-refractivity contribution in [2.45, 2.75) is 12.8 Å². The van der Waals surface area contributed by atoms with Crippen LogP contribution in [0.15, 0.2) is 12.4 Å². The van der Waals surface area contributed by atoms with E-state index in [1.807, 2.05) is 13.2 Å². The minimum absolute atomic E-state index is 0.116. The lowest BCUT2D eigenvalue weighted by Gasteiger charge is -2.20. The fraction of sp³-hybridized carbons (Fsp3) is 0.600. The first-order valence-electron chi connectivity index (χ1n) is 5.01. The summed E-state index contributed by atoms with van der Waals surface area (Å²) in [5.74, 6) is 0.869. The van der Waals surface area contributed by atoms with E-state index in [9.17, 15) is 4.79 Å². The fourth-order valence-corrected chi connectivity index (χ4v) is 1.86. The molecule has 0 saturated carbocycles. The number of Topliss-reactive ketones (excluding diaryl/α,β-unsaturated/α-hetero) is 1. The number of aromatic nitrogens is 2. The van der Waals surface area contributed by atoms with Gasteiger partial charge in [-0.05, 0) is 19.4 Å². The van der Waals surface area contributed by atoms with Crippen molar-refractivity contribution < 1.29 is 4.79 Å². The highest BCUT2D eigenvalue weighted by atomic mass is 16.1. The van der Waals surface area contributed by atoms with Crippen molar-refractivity contribution in [3.8, 4) is 0 Å². The van der Waals surface area contributed by atoms with Gasteiger partial charge in [0.1, 0.15) is 0 Å². The molecule has 2 heterocycles. The Balaban J connectivity index is 2.11. The maximum Gasteiger partial charge on any atom is 0.202 e. The maximum atomic E-state index is 12.0. The van der Waals surface area contributed by atoms with Crippen LogP contribution in [0.3, 0.4) is 0 Å². The number of hydrogen-bond acceptors (Lipinski definition) is 3. The third kappa shape index (κ3) is 1.70. The molecule has 1 aromatic rings. The Morgan fingerprint density at radius 3 is 3.14 bits per heavy atom. The van der Waals surface area contributed by atoms with Crippen LogP contribution >= 0.6 is 0 Å². The van der Waals surface area contributed by atoms with Crippen LogP contribution < -0.4 is 5.32 Å². The van der Waals surface area contributed by atoms with Crippen LogP contribution in [0.5, 0.6) is 0 Å². The Morgan fingerprint density at radius 1 is 1.71 bits per heavy atom. The second-order valence-electron chi connectivity index (χ2n) is 3.77. The van der Waals surface area contributed by atoms with Crippen LogP contribution in [-0.4, -0.2) is 28.4 Å². The lowest BCUT2D eigenvalue weighted by Crippen LogP contribution is -2.35. The summed E-state index contributed by atoms with van der Waals surface area (Å²) in [4.78, 5) is 16.0. The zero-order valence-corrected chi connectivity index (χ0v) is 8.36. The molecule has 0 spiro atoms. The first kappa shape index (κ1) is 9.40. The van der Waals surface area contributed by atoms with Gasteiger partial charge in [0.15, 0.2) is 5.82 Å². The molecule has 0 amide bonds. The van der Waals surface area contributed by atoms with Gasteiger partial charge < -0.3 is 9.88 Å². The van der Waals surface area contributed by atoms with Gasteiger partial charge in [0.25, 0.3) is 0 Å². The Bertz CT molecular complexity index is 326. The fourth-order valence-electron chi connectivity index (χ4n) is 1.86. The van der Waals surface area contributed by atoms with Gasteiger partial charge in [-0.2, -0.15) is 0 Å². The number of carbonyl (C=O) groups excluding carboxylic acids is 1. The van der Waals surface area contributed by atoms with E-state index in [0.717, 1.165) is 25.9 Å². The van der Waals surface area contributed by atoms with Gasteiger partial charge in [0.2, 0.25) is 5.78 Å². The molecular formula is C10H15N3O. The second-order valence-corrected chi connectivity index (χ2v) is 3.77. The number of imidazole rings is 1. The summed E-state index contributed by atoms with van der Waals surface area (Å²) in [7, 11) is 1.86. The zero-order chi connectivity index (χ0) is 9.97. The van der Waals surface area contributed by atoms with Crippen molar-refractivity contribution in [1.29, 1.82) is 0 Å². The highest BCUT2D eigenvalue weighted by molar-refractivity contribution is 5.94. The second kappa shape index (κ2) is 3.92. The van der Waals surface area contributed by atoms with E-state index in [1.165, 1.54) is 0 Å². The molecule has 2 rings (SSSR count). The molecule has 1 unspecified atom stereocenters. The summed E-state index contributed by atoms with van der Waals surface area (Å²) in [5, 5.41) is 3.24. The predicted octanol–water partition coefficient (Wildman–Crippen LogP) is 0.602. The number of piperidine rings is 1. The first-order chi connectivity index (χ1) is 6.79. The van der Waals surface area contributed by atoms with Crippen molar-refractivity contribution in [1.82, 2.24) is 14.9 Å². The van der Waals surface area contributed by atoms with Crippen molar-refractivity contribution in [3.63, 3.8) is 0 Å². The molecule has 1 saturated heterocycles. The number of nitrogens with zero attached hydrogens (tertiary/aromatic N) is 2. The molecule has 1 aliphatic rings. The lowest BCUT2D eigenvalue weighted by molar-refractivity contribution is 0.0885. The Morgan fingerprint density at radius 2 is 2.57 bits per heavy atom. The van der Waals surface area contributed by atoms with Crippen molar-refractivity contribution in [3.05, 3.63) is 18.2 Å². The number of ketones is 1. The van der Waals surface area contributed by atoms with Crippen LogP contribution in [0, 0.1) is 5.92 Å². The van der Waals surface area contributed by atoms with Gasteiger partial charge in [-0.25, -0.2) is 4.98 Å². The smallest absolute Gasteiger partial charge is 0.202 e. The Kier molecular flexibility index (Phi) is 2.63.